The monoisotopic (exact) mass is 265 g/mol. The Bertz CT molecular complexity index is 262. The molecule has 1 rings (SSSR count). The van der Waals surface area contributed by atoms with E-state index < -0.39 is 5.97 Å². The zero-order chi connectivity index (χ0) is 7.56. The molecule has 60 valence electrons. The summed E-state index contributed by atoms with van der Waals surface area (Å²) in [5.41, 5.74) is 5.80. The van der Waals surface area contributed by atoms with Gasteiger partial charge in [-0.15, -0.1) is 24.0 Å². The zero-order valence-electron chi connectivity index (χ0n) is 5.65. The highest BCUT2D eigenvalue weighted by atomic mass is 127. The van der Waals surface area contributed by atoms with Crippen LogP contribution < -0.4 is 5.73 Å². The molecular weight excluding hydrogens is 257 g/mol. The van der Waals surface area contributed by atoms with E-state index in [-0.39, 0.29) is 29.5 Å². The molecule has 0 amide bonds. The third kappa shape index (κ3) is 2.38. The average Bonchev–Trinajstić information content (AvgIpc) is 1.88. The lowest BCUT2D eigenvalue weighted by Gasteiger charge is -1.96. The number of carboxylic acid groups (broad SMARTS) is 1. The second-order valence-corrected chi connectivity index (χ2v) is 1.89. The van der Waals surface area contributed by atoms with Crippen molar-refractivity contribution >= 4 is 35.6 Å². The summed E-state index contributed by atoms with van der Waals surface area (Å²) in [6, 6.07) is 6.36. The molecule has 0 aliphatic carbocycles. The van der Waals surface area contributed by atoms with Crippen LogP contribution >= 0.6 is 24.0 Å². The molecule has 0 saturated carbocycles. The number of benzene rings is 1. The van der Waals surface area contributed by atoms with Gasteiger partial charge in [-0.3, -0.25) is 0 Å². The van der Waals surface area contributed by atoms with Crippen molar-refractivity contribution in [3.05, 3.63) is 29.8 Å². The Morgan fingerprint density at radius 1 is 1.36 bits per heavy atom. The molecule has 0 bridgehead atoms. The highest BCUT2D eigenvalue weighted by Gasteiger charge is 2.03. The number of para-hydroxylation sites is 1. The Morgan fingerprint density at radius 2 is 1.91 bits per heavy atom. The first-order chi connectivity index (χ1) is 4.72. The Hall–Kier alpha value is -0.780. The van der Waals surface area contributed by atoms with E-state index in [0.717, 1.165) is 0 Å². The quantitative estimate of drug-likeness (QED) is 0.598. The van der Waals surface area contributed by atoms with Crippen LogP contribution in [0.1, 0.15) is 10.4 Å². The largest absolute Gasteiger partial charge is 0.478 e. The lowest BCUT2D eigenvalue weighted by molar-refractivity contribution is 0.0698. The minimum absolute atomic E-state index is 0. The molecule has 3 nitrogen and oxygen atoms in total. The van der Waals surface area contributed by atoms with E-state index in [1.807, 2.05) is 0 Å². The topological polar surface area (TPSA) is 63.3 Å². The molecule has 0 saturated heterocycles. The van der Waals surface area contributed by atoms with Crippen molar-refractivity contribution in [2.75, 3.05) is 5.73 Å². The van der Waals surface area contributed by atoms with Crippen LogP contribution in [0, 0.1) is 0 Å². The van der Waals surface area contributed by atoms with Gasteiger partial charge in [-0.1, -0.05) is 12.1 Å². The fourth-order valence-electron chi connectivity index (χ4n) is 0.692. The Kier molecular flexibility index (Phi) is 3.88. The number of anilines is 1. The SMILES string of the molecule is I.Nc1ccccc1C(=O)O. The number of halogens is 1. The molecule has 0 aliphatic rings. The van der Waals surface area contributed by atoms with Crippen LogP contribution in [0.3, 0.4) is 0 Å². The van der Waals surface area contributed by atoms with Crippen molar-refractivity contribution in [3.8, 4) is 0 Å². The molecule has 4 heteroatoms. The Balaban J connectivity index is 0.000001000. The van der Waals surface area contributed by atoms with E-state index >= 15 is 0 Å². The lowest BCUT2D eigenvalue weighted by Crippen LogP contribution is -2.00. The first-order valence-electron chi connectivity index (χ1n) is 2.79. The smallest absolute Gasteiger partial charge is 0.337 e. The number of aromatic carboxylic acids is 1. The molecule has 0 radical (unpaired) electrons. The van der Waals surface area contributed by atoms with E-state index in [1.54, 1.807) is 18.2 Å². The Labute approximate surface area is 81.2 Å². The van der Waals surface area contributed by atoms with E-state index in [2.05, 4.69) is 0 Å². The highest BCUT2D eigenvalue weighted by Crippen LogP contribution is 2.08. The van der Waals surface area contributed by atoms with Crippen LogP contribution in [-0.2, 0) is 0 Å². The number of nitrogen functional groups attached to an aromatic ring is 1. The van der Waals surface area contributed by atoms with Gasteiger partial charge in [0.05, 0.1) is 5.56 Å². The summed E-state index contributed by atoms with van der Waals surface area (Å²) < 4.78 is 0. The maximum absolute atomic E-state index is 10.3. The molecule has 0 unspecified atom stereocenters. The Morgan fingerprint density at radius 3 is 2.27 bits per heavy atom. The second-order valence-electron chi connectivity index (χ2n) is 1.89. The standard InChI is InChI=1S/C7H7NO2.HI/c8-6-4-2-1-3-5(6)7(9)10;/h1-4H,8H2,(H,9,10);1H. The van der Waals surface area contributed by atoms with Gasteiger partial charge >= 0.3 is 5.97 Å². The van der Waals surface area contributed by atoms with Gasteiger partial charge < -0.3 is 10.8 Å². The molecule has 0 fully saturated rings. The van der Waals surface area contributed by atoms with Gasteiger partial charge in [-0.25, -0.2) is 4.79 Å². The van der Waals surface area contributed by atoms with E-state index in [0.29, 0.717) is 5.69 Å². The minimum Gasteiger partial charge on any atom is -0.478 e. The molecule has 3 N–H and O–H groups in total. The fraction of sp³-hybridized carbons (Fsp3) is 0. The molecule has 11 heavy (non-hydrogen) atoms. The first kappa shape index (κ1) is 10.2. The van der Waals surface area contributed by atoms with Crippen LogP contribution in [0.15, 0.2) is 24.3 Å². The predicted molar refractivity (Wildman–Crippen MR) is 53.2 cm³/mol. The average molecular weight is 265 g/mol. The van der Waals surface area contributed by atoms with Crippen LogP contribution in [0.25, 0.3) is 0 Å². The van der Waals surface area contributed by atoms with Crippen molar-refractivity contribution in [1.29, 1.82) is 0 Å². The van der Waals surface area contributed by atoms with E-state index in [1.165, 1.54) is 6.07 Å². The van der Waals surface area contributed by atoms with Crippen molar-refractivity contribution in [2.45, 2.75) is 0 Å². The third-order valence-corrected chi connectivity index (χ3v) is 1.19. The summed E-state index contributed by atoms with van der Waals surface area (Å²) in [6.07, 6.45) is 0. The number of carbonyl (C=O) groups is 1. The number of carboxylic acids is 1. The van der Waals surface area contributed by atoms with Crippen LogP contribution in [0.2, 0.25) is 0 Å². The van der Waals surface area contributed by atoms with E-state index in [4.69, 9.17) is 10.8 Å². The molecule has 0 atom stereocenters. The van der Waals surface area contributed by atoms with Crippen LogP contribution in [0.4, 0.5) is 5.69 Å². The van der Waals surface area contributed by atoms with Crippen LogP contribution in [-0.4, -0.2) is 11.1 Å². The first-order valence-corrected chi connectivity index (χ1v) is 2.79. The van der Waals surface area contributed by atoms with Gasteiger partial charge in [0.15, 0.2) is 0 Å². The molecule has 0 aliphatic heterocycles. The third-order valence-electron chi connectivity index (χ3n) is 1.19. The summed E-state index contributed by atoms with van der Waals surface area (Å²) in [5, 5.41) is 8.49. The molecule has 0 heterocycles. The van der Waals surface area contributed by atoms with Gasteiger partial charge in [0, 0.05) is 5.69 Å². The van der Waals surface area contributed by atoms with Crippen molar-refractivity contribution in [1.82, 2.24) is 0 Å². The van der Waals surface area contributed by atoms with Gasteiger partial charge in [-0.2, -0.15) is 0 Å². The molecule has 1 aromatic rings. The number of rotatable bonds is 1. The molecule has 1 aromatic carbocycles. The van der Waals surface area contributed by atoms with Crippen LogP contribution in [0.5, 0.6) is 0 Å². The van der Waals surface area contributed by atoms with Crippen molar-refractivity contribution in [2.24, 2.45) is 0 Å². The number of nitrogens with two attached hydrogens (primary N) is 1. The lowest BCUT2D eigenvalue weighted by atomic mass is 10.2. The van der Waals surface area contributed by atoms with Gasteiger partial charge in [0.1, 0.15) is 0 Å². The highest BCUT2D eigenvalue weighted by molar-refractivity contribution is 14.0. The maximum Gasteiger partial charge on any atom is 0.337 e. The normalized spacial score (nSPS) is 8.36. The second kappa shape index (κ2) is 4.17. The van der Waals surface area contributed by atoms with Crippen molar-refractivity contribution < 1.29 is 9.90 Å². The molecule has 0 spiro atoms. The summed E-state index contributed by atoms with van der Waals surface area (Å²) >= 11 is 0. The van der Waals surface area contributed by atoms with Gasteiger partial charge in [0.25, 0.3) is 0 Å². The number of hydrogen-bond donors (Lipinski definition) is 2. The van der Waals surface area contributed by atoms with Gasteiger partial charge in [-0.05, 0) is 12.1 Å². The van der Waals surface area contributed by atoms with Crippen molar-refractivity contribution in [3.63, 3.8) is 0 Å². The molecular formula is C7H8INO2. The summed E-state index contributed by atoms with van der Waals surface area (Å²) in [7, 11) is 0. The fourth-order valence-corrected chi connectivity index (χ4v) is 0.692. The van der Waals surface area contributed by atoms with E-state index in [9.17, 15) is 4.79 Å². The minimum atomic E-state index is -0.988. The summed E-state index contributed by atoms with van der Waals surface area (Å²) in [4.78, 5) is 10.3. The predicted octanol–water partition coefficient (Wildman–Crippen LogP) is 1.59. The summed E-state index contributed by atoms with van der Waals surface area (Å²) in [5.74, 6) is -0.988. The number of hydrogen-bond acceptors (Lipinski definition) is 2. The summed E-state index contributed by atoms with van der Waals surface area (Å²) in [6.45, 7) is 0. The maximum atomic E-state index is 10.3. The van der Waals surface area contributed by atoms with Gasteiger partial charge in [0.2, 0.25) is 0 Å². The zero-order valence-corrected chi connectivity index (χ0v) is 7.98. The molecule has 0 aromatic heterocycles.